The van der Waals surface area contributed by atoms with E-state index in [1.807, 2.05) is 0 Å². The third-order valence-corrected chi connectivity index (χ3v) is 1.83. The Kier molecular flexibility index (Phi) is 3.11. The standard InChI is InChI=1S/C9H13NO3/c1-13-9-3-2-6(4-8(9)12)7(10)5-11/h2-4,7,11-12H,5,10H2,1H3/t7-/m1/s1. The molecule has 0 bridgehead atoms. The maximum absolute atomic E-state index is 9.37. The van der Waals surface area contributed by atoms with Crippen molar-refractivity contribution in [3.8, 4) is 11.5 Å². The van der Waals surface area contributed by atoms with Crippen LogP contribution in [0.1, 0.15) is 11.6 Å². The van der Waals surface area contributed by atoms with E-state index >= 15 is 0 Å². The summed E-state index contributed by atoms with van der Waals surface area (Å²) in [6.45, 7) is -0.147. The molecule has 0 aliphatic heterocycles. The summed E-state index contributed by atoms with van der Waals surface area (Å²) < 4.78 is 4.86. The molecule has 1 atom stereocenters. The third-order valence-electron chi connectivity index (χ3n) is 1.83. The number of hydrogen-bond acceptors (Lipinski definition) is 4. The molecular formula is C9H13NO3. The smallest absolute Gasteiger partial charge is 0.160 e. The van der Waals surface area contributed by atoms with Crippen LogP contribution in [0.2, 0.25) is 0 Å². The van der Waals surface area contributed by atoms with Crippen molar-refractivity contribution in [2.75, 3.05) is 13.7 Å². The van der Waals surface area contributed by atoms with Gasteiger partial charge in [-0.25, -0.2) is 0 Å². The number of rotatable bonds is 3. The number of phenolic OH excluding ortho intramolecular Hbond substituents is 1. The van der Waals surface area contributed by atoms with Gasteiger partial charge < -0.3 is 20.7 Å². The van der Waals surface area contributed by atoms with E-state index in [1.165, 1.54) is 13.2 Å². The van der Waals surface area contributed by atoms with Gasteiger partial charge in [0.2, 0.25) is 0 Å². The Hall–Kier alpha value is -1.26. The summed E-state index contributed by atoms with van der Waals surface area (Å²) >= 11 is 0. The predicted octanol–water partition coefficient (Wildman–Crippen LogP) is 0.393. The normalized spacial score (nSPS) is 12.5. The minimum atomic E-state index is -0.461. The van der Waals surface area contributed by atoms with Crippen LogP contribution in [0, 0.1) is 0 Å². The van der Waals surface area contributed by atoms with Gasteiger partial charge in [-0.15, -0.1) is 0 Å². The summed E-state index contributed by atoms with van der Waals surface area (Å²) in [5, 5.41) is 18.1. The van der Waals surface area contributed by atoms with Crippen LogP contribution in [0.25, 0.3) is 0 Å². The fourth-order valence-corrected chi connectivity index (χ4v) is 1.04. The molecule has 0 saturated heterocycles. The number of aliphatic hydroxyl groups excluding tert-OH is 1. The van der Waals surface area contributed by atoms with Gasteiger partial charge in [-0.1, -0.05) is 6.07 Å². The first kappa shape index (κ1) is 9.83. The van der Waals surface area contributed by atoms with Gasteiger partial charge in [0.05, 0.1) is 19.8 Å². The van der Waals surface area contributed by atoms with Crippen molar-refractivity contribution in [2.24, 2.45) is 5.73 Å². The summed E-state index contributed by atoms with van der Waals surface area (Å²) in [7, 11) is 1.47. The van der Waals surface area contributed by atoms with Crippen LogP contribution in [0.4, 0.5) is 0 Å². The van der Waals surface area contributed by atoms with Gasteiger partial charge in [0.1, 0.15) is 0 Å². The van der Waals surface area contributed by atoms with E-state index in [2.05, 4.69) is 0 Å². The Balaban J connectivity index is 2.95. The molecule has 72 valence electrons. The molecule has 0 aliphatic carbocycles. The quantitative estimate of drug-likeness (QED) is 0.633. The zero-order valence-electron chi connectivity index (χ0n) is 7.40. The van der Waals surface area contributed by atoms with Crippen LogP contribution in [0.3, 0.4) is 0 Å². The molecule has 0 heterocycles. The number of benzene rings is 1. The Labute approximate surface area is 76.6 Å². The van der Waals surface area contributed by atoms with Crippen molar-refractivity contribution >= 4 is 0 Å². The highest BCUT2D eigenvalue weighted by Gasteiger charge is 2.07. The number of aliphatic hydroxyl groups is 1. The highest BCUT2D eigenvalue weighted by molar-refractivity contribution is 5.42. The maximum atomic E-state index is 9.37. The molecule has 1 rings (SSSR count). The van der Waals surface area contributed by atoms with Gasteiger partial charge in [0.25, 0.3) is 0 Å². The lowest BCUT2D eigenvalue weighted by atomic mass is 10.1. The molecule has 0 aliphatic rings. The van der Waals surface area contributed by atoms with E-state index in [0.717, 1.165) is 0 Å². The molecule has 1 aromatic rings. The number of hydrogen-bond donors (Lipinski definition) is 3. The Bertz CT molecular complexity index is 288. The van der Waals surface area contributed by atoms with Crippen molar-refractivity contribution in [2.45, 2.75) is 6.04 Å². The van der Waals surface area contributed by atoms with Gasteiger partial charge in [-0.2, -0.15) is 0 Å². The van der Waals surface area contributed by atoms with Gasteiger partial charge >= 0.3 is 0 Å². The van der Waals surface area contributed by atoms with Gasteiger partial charge in [-0.05, 0) is 17.7 Å². The van der Waals surface area contributed by atoms with Crippen LogP contribution in [0.5, 0.6) is 11.5 Å². The van der Waals surface area contributed by atoms with Crippen LogP contribution < -0.4 is 10.5 Å². The molecular weight excluding hydrogens is 170 g/mol. The van der Waals surface area contributed by atoms with E-state index in [-0.39, 0.29) is 12.4 Å². The molecule has 0 fully saturated rings. The highest BCUT2D eigenvalue weighted by atomic mass is 16.5. The Morgan fingerprint density at radius 1 is 1.54 bits per heavy atom. The van der Waals surface area contributed by atoms with E-state index in [0.29, 0.717) is 11.3 Å². The molecule has 1 aromatic carbocycles. The summed E-state index contributed by atoms with van der Waals surface area (Å²) in [4.78, 5) is 0. The number of ether oxygens (including phenoxy) is 1. The van der Waals surface area contributed by atoms with Crippen molar-refractivity contribution in [3.05, 3.63) is 23.8 Å². The van der Waals surface area contributed by atoms with Gasteiger partial charge in [0.15, 0.2) is 11.5 Å². The third kappa shape index (κ3) is 2.11. The summed E-state index contributed by atoms with van der Waals surface area (Å²) in [6.07, 6.45) is 0. The molecule has 13 heavy (non-hydrogen) atoms. The molecule has 0 spiro atoms. The second-order valence-electron chi connectivity index (χ2n) is 2.72. The maximum Gasteiger partial charge on any atom is 0.160 e. The average Bonchev–Trinajstić information content (AvgIpc) is 2.16. The van der Waals surface area contributed by atoms with Gasteiger partial charge in [0, 0.05) is 0 Å². The van der Waals surface area contributed by atoms with Crippen molar-refractivity contribution in [3.63, 3.8) is 0 Å². The lowest BCUT2D eigenvalue weighted by Crippen LogP contribution is -2.14. The van der Waals surface area contributed by atoms with E-state index in [9.17, 15) is 5.11 Å². The van der Waals surface area contributed by atoms with Crippen LogP contribution in [-0.4, -0.2) is 23.9 Å². The molecule has 0 radical (unpaired) electrons. The van der Waals surface area contributed by atoms with Crippen molar-refractivity contribution in [1.29, 1.82) is 0 Å². The SMILES string of the molecule is COc1ccc([C@H](N)CO)cc1O. The van der Waals surface area contributed by atoms with E-state index in [4.69, 9.17) is 15.6 Å². The summed E-state index contributed by atoms with van der Waals surface area (Å²) in [6, 6.07) is 4.34. The second-order valence-corrected chi connectivity index (χ2v) is 2.72. The van der Waals surface area contributed by atoms with Crippen LogP contribution >= 0.6 is 0 Å². The molecule has 0 unspecified atom stereocenters. The molecule has 4 heteroatoms. The first-order valence-electron chi connectivity index (χ1n) is 3.92. The monoisotopic (exact) mass is 183 g/mol. The highest BCUT2D eigenvalue weighted by Crippen LogP contribution is 2.27. The first-order valence-corrected chi connectivity index (χ1v) is 3.92. The minimum Gasteiger partial charge on any atom is -0.504 e. The summed E-state index contributed by atoms with van der Waals surface area (Å²) in [5.74, 6) is 0.429. The average molecular weight is 183 g/mol. The van der Waals surface area contributed by atoms with E-state index < -0.39 is 6.04 Å². The van der Waals surface area contributed by atoms with Crippen molar-refractivity contribution in [1.82, 2.24) is 0 Å². The van der Waals surface area contributed by atoms with Crippen LogP contribution in [0.15, 0.2) is 18.2 Å². The molecule has 0 saturated carbocycles. The molecule has 0 aromatic heterocycles. The van der Waals surface area contributed by atoms with Gasteiger partial charge in [-0.3, -0.25) is 0 Å². The number of phenols is 1. The zero-order valence-corrected chi connectivity index (χ0v) is 7.40. The number of aromatic hydroxyl groups is 1. The molecule has 4 N–H and O–H groups in total. The second kappa shape index (κ2) is 4.11. The Morgan fingerprint density at radius 3 is 2.69 bits per heavy atom. The van der Waals surface area contributed by atoms with E-state index in [1.54, 1.807) is 12.1 Å². The van der Waals surface area contributed by atoms with Crippen LogP contribution in [-0.2, 0) is 0 Å². The lowest BCUT2D eigenvalue weighted by molar-refractivity contribution is 0.267. The zero-order chi connectivity index (χ0) is 9.84. The first-order chi connectivity index (χ1) is 6.19. The minimum absolute atomic E-state index is 0.0314. The lowest BCUT2D eigenvalue weighted by Gasteiger charge is -2.10. The summed E-state index contributed by atoms with van der Waals surface area (Å²) in [5.41, 5.74) is 6.23. The number of nitrogens with two attached hydrogens (primary N) is 1. The molecule has 0 amide bonds. The Morgan fingerprint density at radius 2 is 2.23 bits per heavy atom. The fraction of sp³-hybridized carbons (Fsp3) is 0.333. The fourth-order valence-electron chi connectivity index (χ4n) is 1.04. The largest absolute Gasteiger partial charge is 0.504 e. The predicted molar refractivity (Wildman–Crippen MR) is 48.7 cm³/mol. The topological polar surface area (TPSA) is 75.7 Å². The number of methoxy groups -OCH3 is 1. The van der Waals surface area contributed by atoms with Crippen molar-refractivity contribution < 1.29 is 14.9 Å². The molecule has 4 nitrogen and oxygen atoms in total.